The van der Waals surface area contributed by atoms with E-state index in [1.54, 1.807) is 0 Å². The average molecular weight is 255 g/mol. The molecule has 0 aliphatic heterocycles. The second-order valence-corrected chi connectivity index (χ2v) is 5.78. The van der Waals surface area contributed by atoms with Gasteiger partial charge in [-0.2, -0.15) is 0 Å². The van der Waals surface area contributed by atoms with E-state index in [-0.39, 0.29) is 13.2 Å². The Labute approximate surface area is 94.7 Å². The normalized spacial score (nSPS) is 16.1. The molecule has 7 nitrogen and oxygen atoms in total. The molecule has 0 heterocycles. The molecule has 0 saturated carbocycles. The summed E-state index contributed by atoms with van der Waals surface area (Å²) >= 11 is 0. The highest BCUT2D eigenvalue weighted by Crippen LogP contribution is 2.07. The van der Waals surface area contributed by atoms with Gasteiger partial charge in [-0.25, -0.2) is 12.7 Å². The van der Waals surface area contributed by atoms with Crippen LogP contribution in [0.15, 0.2) is 0 Å². The van der Waals surface area contributed by atoms with E-state index < -0.39 is 27.3 Å². The molecule has 96 valence electrons. The highest BCUT2D eigenvalue weighted by molar-refractivity contribution is 7.90. The van der Waals surface area contributed by atoms with Gasteiger partial charge in [0.25, 0.3) is 0 Å². The molecule has 0 aromatic heterocycles. The minimum Gasteiger partial charge on any atom is -0.480 e. The van der Waals surface area contributed by atoms with Gasteiger partial charge in [0.1, 0.15) is 0 Å². The van der Waals surface area contributed by atoms with E-state index in [1.165, 1.54) is 14.2 Å². The first kappa shape index (κ1) is 15.3. The van der Waals surface area contributed by atoms with Gasteiger partial charge < -0.3 is 14.9 Å². The van der Waals surface area contributed by atoms with E-state index in [1.807, 2.05) is 0 Å². The number of aliphatic carboxylic acids is 1. The zero-order valence-corrected chi connectivity index (χ0v) is 10.3. The lowest BCUT2D eigenvalue weighted by Crippen LogP contribution is -2.43. The molecule has 0 saturated heterocycles. The lowest BCUT2D eigenvalue weighted by Gasteiger charge is -2.22. The summed E-state index contributed by atoms with van der Waals surface area (Å²) in [5, 5.41) is 16.4. The molecule has 2 unspecified atom stereocenters. The molecule has 0 bridgehead atoms. The molecule has 0 aliphatic rings. The zero-order chi connectivity index (χ0) is 12.9. The number of nitrogens with zero attached hydrogens (tertiary/aromatic N) is 1. The maximum atomic E-state index is 11.6. The number of aliphatic hydroxyl groups excluding tert-OH is 1. The maximum Gasteiger partial charge on any atom is 0.323 e. The van der Waals surface area contributed by atoms with Crippen LogP contribution in [-0.4, -0.2) is 67.6 Å². The van der Waals surface area contributed by atoms with Gasteiger partial charge in [-0.05, 0) is 6.92 Å². The lowest BCUT2D eigenvalue weighted by atomic mass is 10.4. The first-order chi connectivity index (χ1) is 7.23. The van der Waals surface area contributed by atoms with Crippen molar-refractivity contribution in [3.63, 3.8) is 0 Å². The second-order valence-electron chi connectivity index (χ2n) is 3.42. The van der Waals surface area contributed by atoms with Gasteiger partial charge in [-0.3, -0.25) is 4.79 Å². The van der Waals surface area contributed by atoms with Crippen molar-refractivity contribution in [3.05, 3.63) is 0 Å². The number of hydrogen-bond acceptors (Lipinski definition) is 5. The van der Waals surface area contributed by atoms with E-state index in [2.05, 4.69) is 4.74 Å². The fourth-order valence-corrected chi connectivity index (χ4v) is 2.22. The van der Waals surface area contributed by atoms with Crippen molar-refractivity contribution in [3.8, 4) is 0 Å². The average Bonchev–Trinajstić information content (AvgIpc) is 2.16. The fourth-order valence-electron chi connectivity index (χ4n) is 1.04. The highest BCUT2D eigenvalue weighted by atomic mass is 32.2. The Morgan fingerprint density at radius 1 is 1.50 bits per heavy atom. The highest BCUT2D eigenvalue weighted by Gasteiger charge is 2.32. The van der Waals surface area contributed by atoms with Crippen LogP contribution >= 0.6 is 0 Å². The van der Waals surface area contributed by atoms with Crippen LogP contribution in [0.3, 0.4) is 0 Å². The zero-order valence-electron chi connectivity index (χ0n) is 9.45. The molecule has 0 aliphatic carbocycles. The Bertz CT molecular complexity index is 327. The van der Waals surface area contributed by atoms with Crippen LogP contribution in [0.25, 0.3) is 0 Å². The standard InChI is InChI=1S/C8H17NO6S/c1-6(8(11)12)16(13,14)9(2)4-7(10)5-15-3/h6-7,10H,4-5H2,1-3H3,(H,11,12). The van der Waals surface area contributed by atoms with E-state index >= 15 is 0 Å². The topological polar surface area (TPSA) is 104 Å². The predicted octanol–water partition coefficient (Wildman–Crippen LogP) is -1.27. The second kappa shape index (κ2) is 6.14. The summed E-state index contributed by atoms with van der Waals surface area (Å²) in [7, 11) is -1.34. The molecule has 2 N–H and O–H groups in total. The van der Waals surface area contributed by atoms with E-state index in [9.17, 15) is 18.3 Å². The molecule has 0 spiro atoms. The molecule has 0 rings (SSSR count). The van der Waals surface area contributed by atoms with Crippen molar-refractivity contribution in [1.82, 2.24) is 4.31 Å². The third-order valence-corrected chi connectivity index (χ3v) is 4.17. The summed E-state index contributed by atoms with van der Waals surface area (Å²) in [4.78, 5) is 10.6. The number of carboxylic acids is 1. The number of carboxylic acid groups (broad SMARTS) is 1. The Hall–Kier alpha value is -0.700. The Morgan fingerprint density at radius 3 is 2.38 bits per heavy atom. The lowest BCUT2D eigenvalue weighted by molar-refractivity contribution is -0.136. The molecular weight excluding hydrogens is 238 g/mol. The summed E-state index contributed by atoms with van der Waals surface area (Å²) in [5.41, 5.74) is 0. The number of sulfonamides is 1. The van der Waals surface area contributed by atoms with Crippen LogP contribution in [-0.2, 0) is 19.6 Å². The molecule has 0 amide bonds. The first-order valence-corrected chi connectivity index (χ1v) is 6.08. The van der Waals surface area contributed by atoms with Gasteiger partial charge in [0, 0.05) is 20.7 Å². The van der Waals surface area contributed by atoms with Gasteiger partial charge in [0.2, 0.25) is 10.0 Å². The number of likely N-dealkylation sites (N-methyl/N-ethyl adjacent to an activating group) is 1. The fraction of sp³-hybridized carbons (Fsp3) is 0.875. The minimum absolute atomic E-state index is 0.0126. The van der Waals surface area contributed by atoms with Gasteiger partial charge in [-0.1, -0.05) is 0 Å². The molecule has 0 aromatic carbocycles. The molecular formula is C8H17NO6S. The van der Waals surface area contributed by atoms with Crippen molar-refractivity contribution in [2.45, 2.75) is 18.3 Å². The predicted molar refractivity (Wildman–Crippen MR) is 56.5 cm³/mol. The number of rotatable bonds is 7. The molecule has 16 heavy (non-hydrogen) atoms. The first-order valence-electron chi connectivity index (χ1n) is 4.58. The van der Waals surface area contributed by atoms with Crippen LogP contribution in [0.1, 0.15) is 6.92 Å². The summed E-state index contributed by atoms with van der Waals surface area (Å²) < 4.78 is 28.7. The number of carbonyl (C=O) groups is 1. The van der Waals surface area contributed by atoms with Crippen molar-refractivity contribution < 1.29 is 28.2 Å². The molecule has 0 fully saturated rings. The van der Waals surface area contributed by atoms with Crippen molar-refractivity contribution in [1.29, 1.82) is 0 Å². The van der Waals surface area contributed by atoms with E-state index in [0.717, 1.165) is 11.2 Å². The maximum absolute atomic E-state index is 11.6. The third-order valence-electron chi connectivity index (χ3n) is 2.06. The van der Waals surface area contributed by atoms with Gasteiger partial charge in [-0.15, -0.1) is 0 Å². The van der Waals surface area contributed by atoms with Crippen LogP contribution in [0.4, 0.5) is 0 Å². The summed E-state index contributed by atoms with van der Waals surface area (Å²) in [5.74, 6) is -1.42. The molecule has 8 heteroatoms. The monoisotopic (exact) mass is 255 g/mol. The summed E-state index contributed by atoms with van der Waals surface area (Å²) in [6.07, 6.45) is -0.981. The van der Waals surface area contributed by atoms with Crippen molar-refractivity contribution in [2.24, 2.45) is 0 Å². The molecule has 0 radical (unpaired) electrons. The van der Waals surface area contributed by atoms with Crippen LogP contribution < -0.4 is 0 Å². The van der Waals surface area contributed by atoms with Crippen LogP contribution in [0.5, 0.6) is 0 Å². The number of ether oxygens (including phenoxy) is 1. The Morgan fingerprint density at radius 2 is 2.00 bits per heavy atom. The van der Waals surface area contributed by atoms with Gasteiger partial charge in [0.05, 0.1) is 12.7 Å². The van der Waals surface area contributed by atoms with Crippen molar-refractivity contribution >= 4 is 16.0 Å². The number of methoxy groups -OCH3 is 1. The molecule has 0 aromatic rings. The quantitative estimate of drug-likeness (QED) is 0.587. The van der Waals surface area contributed by atoms with Crippen LogP contribution in [0.2, 0.25) is 0 Å². The van der Waals surface area contributed by atoms with Crippen molar-refractivity contribution in [2.75, 3.05) is 27.3 Å². The third kappa shape index (κ3) is 4.05. The number of hydrogen-bond donors (Lipinski definition) is 2. The van der Waals surface area contributed by atoms with E-state index in [0.29, 0.717) is 0 Å². The summed E-state index contributed by atoms with van der Waals surface area (Å²) in [6, 6.07) is 0. The Kier molecular flexibility index (Phi) is 5.87. The van der Waals surface area contributed by atoms with Gasteiger partial charge in [0.15, 0.2) is 5.25 Å². The summed E-state index contributed by atoms with van der Waals surface area (Å²) in [6.45, 7) is 0.867. The largest absolute Gasteiger partial charge is 0.480 e. The SMILES string of the molecule is COCC(O)CN(C)S(=O)(=O)C(C)C(=O)O. The van der Waals surface area contributed by atoms with Crippen LogP contribution in [0, 0.1) is 0 Å². The minimum atomic E-state index is -3.93. The van der Waals surface area contributed by atoms with Gasteiger partial charge >= 0.3 is 5.97 Å². The number of aliphatic hydroxyl groups is 1. The molecule has 2 atom stereocenters. The van der Waals surface area contributed by atoms with E-state index in [4.69, 9.17) is 5.11 Å². The Balaban J connectivity index is 4.59. The smallest absolute Gasteiger partial charge is 0.323 e.